The molecule has 9 heteroatoms. The highest BCUT2D eigenvalue weighted by molar-refractivity contribution is 5.91. The van der Waals surface area contributed by atoms with Crippen LogP contribution in [0.15, 0.2) is 24.3 Å². The van der Waals surface area contributed by atoms with Crippen molar-refractivity contribution in [2.45, 2.75) is 32.2 Å². The smallest absolute Gasteiger partial charge is 0.339 e. The van der Waals surface area contributed by atoms with Crippen LogP contribution in [0.1, 0.15) is 36.5 Å². The number of carboxylic acid groups (broad SMARTS) is 2. The zero-order valence-corrected chi connectivity index (χ0v) is 13.4. The van der Waals surface area contributed by atoms with Crippen LogP contribution < -0.4 is 16.2 Å². The maximum absolute atomic E-state index is 10.6. The quantitative estimate of drug-likeness (QED) is 0.302. The lowest BCUT2D eigenvalue weighted by Crippen LogP contribution is -2.29. The molecule has 1 rings (SSSR count). The van der Waals surface area contributed by atoms with Crippen molar-refractivity contribution in [3.05, 3.63) is 29.8 Å². The second-order valence-electron chi connectivity index (χ2n) is 4.62. The predicted molar refractivity (Wildman–Crippen MR) is 86.8 cm³/mol. The van der Waals surface area contributed by atoms with Gasteiger partial charge in [-0.3, -0.25) is 9.59 Å². The summed E-state index contributed by atoms with van der Waals surface area (Å²) < 4.78 is 4.69. The highest BCUT2D eigenvalue weighted by Gasteiger charge is 2.11. The first-order valence-electron chi connectivity index (χ1n) is 6.98. The van der Waals surface area contributed by atoms with Gasteiger partial charge in [-0.25, -0.2) is 4.79 Å². The number of hydrogen-bond acceptors (Lipinski definition) is 6. The zero-order chi connectivity index (χ0) is 17.8. The first-order valence-corrected chi connectivity index (χ1v) is 6.98. The number of ether oxygens (including phenoxy) is 1. The SMILES string of the molecule is CC(=O)Oc1ccccc1C(=O)O.NCCCCC(N)C(=O)O.O. The second-order valence-corrected chi connectivity index (χ2v) is 4.62. The first-order chi connectivity index (χ1) is 10.8. The van der Waals surface area contributed by atoms with Crippen LogP contribution in [0.4, 0.5) is 0 Å². The van der Waals surface area contributed by atoms with Crippen molar-refractivity contribution in [2.24, 2.45) is 11.5 Å². The Balaban J connectivity index is 0. The molecular weight excluding hydrogens is 320 g/mol. The van der Waals surface area contributed by atoms with Crippen molar-refractivity contribution in [2.75, 3.05) is 6.54 Å². The number of carboxylic acids is 2. The number of esters is 1. The van der Waals surface area contributed by atoms with Gasteiger partial charge in [0.1, 0.15) is 17.4 Å². The number of hydrogen-bond donors (Lipinski definition) is 4. The third-order valence-corrected chi connectivity index (χ3v) is 2.66. The predicted octanol–water partition coefficient (Wildman–Crippen LogP) is 0.0127. The van der Waals surface area contributed by atoms with E-state index in [1.165, 1.54) is 19.1 Å². The molecule has 0 amide bonds. The fraction of sp³-hybridized carbons (Fsp3) is 0.400. The molecule has 0 saturated heterocycles. The maximum Gasteiger partial charge on any atom is 0.339 e. The van der Waals surface area contributed by atoms with E-state index in [4.69, 9.17) is 21.7 Å². The molecule has 1 aromatic rings. The molecule has 0 heterocycles. The van der Waals surface area contributed by atoms with E-state index in [0.717, 1.165) is 12.8 Å². The number of carbonyl (C=O) groups is 3. The van der Waals surface area contributed by atoms with Crippen molar-refractivity contribution in [3.8, 4) is 5.75 Å². The zero-order valence-electron chi connectivity index (χ0n) is 13.4. The molecule has 24 heavy (non-hydrogen) atoms. The molecule has 1 aromatic carbocycles. The molecule has 0 bridgehead atoms. The van der Waals surface area contributed by atoms with Crippen LogP contribution in [-0.2, 0) is 9.59 Å². The van der Waals surface area contributed by atoms with Crippen molar-refractivity contribution in [1.82, 2.24) is 0 Å². The van der Waals surface area contributed by atoms with E-state index in [-0.39, 0.29) is 16.8 Å². The summed E-state index contributed by atoms with van der Waals surface area (Å²) >= 11 is 0. The Labute approximate surface area is 139 Å². The van der Waals surface area contributed by atoms with Crippen LogP contribution in [0, 0.1) is 0 Å². The molecule has 1 atom stereocenters. The van der Waals surface area contributed by atoms with E-state index in [0.29, 0.717) is 13.0 Å². The number of aliphatic carboxylic acids is 1. The Bertz CT molecular complexity index is 534. The number of para-hydroxylation sites is 1. The summed E-state index contributed by atoms with van der Waals surface area (Å²) in [5.74, 6) is -2.51. The molecule has 136 valence electrons. The summed E-state index contributed by atoms with van der Waals surface area (Å²) in [5, 5.41) is 17.0. The molecule has 0 aliphatic heterocycles. The van der Waals surface area contributed by atoms with Gasteiger partial charge < -0.3 is 31.9 Å². The molecule has 0 aliphatic rings. The topological polar surface area (TPSA) is 184 Å². The number of rotatable bonds is 7. The number of carbonyl (C=O) groups excluding carboxylic acids is 1. The molecule has 8 N–H and O–H groups in total. The number of unbranched alkanes of at least 4 members (excludes halogenated alkanes) is 1. The van der Waals surface area contributed by atoms with Gasteiger partial charge in [0.25, 0.3) is 0 Å². The van der Waals surface area contributed by atoms with E-state index in [2.05, 4.69) is 4.74 Å². The summed E-state index contributed by atoms with van der Waals surface area (Å²) in [6.45, 7) is 1.82. The van der Waals surface area contributed by atoms with Gasteiger partial charge in [-0.15, -0.1) is 0 Å². The fourth-order valence-corrected chi connectivity index (χ4v) is 1.52. The monoisotopic (exact) mass is 344 g/mol. The Hall–Kier alpha value is -2.49. The minimum absolute atomic E-state index is 0. The largest absolute Gasteiger partial charge is 0.480 e. The molecule has 0 aliphatic carbocycles. The average Bonchev–Trinajstić information content (AvgIpc) is 2.47. The van der Waals surface area contributed by atoms with Crippen LogP contribution in [-0.4, -0.2) is 46.2 Å². The van der Waals surface area contributed by atoms with Gasteiger partial charge in [0.2, 0.25) is 0 Å². The van der Waals surface area contributed by atoms with Gasteiger partial charge in [-0.2, -0.15) is 0 Å². The summed E-state index contributed by atoms with van der Waals surface area (Å²) in [6.07, 6.45) is 2.16. The van der Waals surface area contributed by atoms with Crippen LogP contribution in [0.5, 0.6) is 5.75 Å². The van der Waals surface area contributed by atoms with Gasteiger partial charge in [0.15, 0.2) is 0 Å². The fourth-order valence-electron chi connectivity index (χ4n) is 1.52. The summed E-state index contributed by atoms with van der Waals surface area (Å²) in [6, 6.07) is 5.26. The maximum atomic E-state index is 10.6. The van der Waals surface area contributed by atoms with Gasteiger partial charge in [0, 0.05) is 6.92 Å². The van der Waals surface area contributed by atoms with Crippen molar-refractivity contribution in [3.63, 3.8) is 0 Å². The lowest BCUT2D eigenvalue weighted by atomic mass is 10.1. The summed E-state index contributed by atoms with van der Waals surface area (Å²) in [5.41, 5.74) is 10.4. The van der Waals surface area contributed by atoms with Crippen LogP contribution in [0.2, 0.25) is 0 Å². The van der Waals surface area contributed by atoms with Crippen LogP contribution in [0.3, 0.4) is 0 Å². The summed E-state index contributed by atoms with van der Waals surface area (Å²) in [7, 11) is 0. The van der Waals surface area contributed by atoms with E-state index in [9.17, 15) is 14.4 Å². The minimum atomic E-state index is -1.11. The molecule has 1 unspecified atom stereocenters. The van der Waals surface area contributed by atoms with E-state index < -0.39 is 23.9 Å². The Morgan fingerprint density at radius 2 is 1.75 bits per heavy atom. The Morgan fingerprint density at radius 3 is 2.21 bits per heavy atom. The van der Waals surface area contributed by atoms with Crippen molar-refractivity contribution in [1.29, 1.82) is 0 Å². The molecule has 9 nitrogen and oxygen atoms in total. The van der Waals surface area contributed by atoms with Crippen molar-refractivity contribution >= 4 is 17.9 Å². The normalized spacial score (nSPS) is 10.5. The van der Waals surface area contributed by atoms with Gasteiger partial charge >= 0.3 is 17.9 Å². The molecule has 0 fully saturated rings. The van der Waals surface area contributed by atoms with Gasteiger partial charge in [-0.1, -0.05) is 18.6 Å². The first kappa shape index (κ1) is 23.8. The third-order valence-electron chi connectivity index (χ3n) is 2.66. The summed E-state index contributed by atoms with van der Waals surface area (Å²) in [4.78, 5) is 31.3. The third kappa shape index (κ3) is 10.3. The number of benzene rings is 1. The van der Waals surface area contributed by atoms with E-state index in [1.54, 1.807) is 12.1 Å². The number of nitrogens with two attached hydrogens (primary N) is 2. The van der Waals surface area contributed by atoms with Gasteiger partial charge in [-0.05, 0) is 31.5 Å². The highest BCUT2D eigenvalue weighted by atomic mass is 16.5. The highest BCUT2D eigenvalue weighted by Crippen LogP contribution is 2.17. The van der Waals surface area contributed by atoms with Crippen LogP contribution in [0.25, 0.3) is 0 Å². The molecule has 0 spiro atoms. The average molecular weight is 344 g/mol. The van der Waals surface area contributed by atoms with E-state index in [1.807, 2.05) is 0 Å². The molecule has 0 aromatic heterocycles. The lowest BCUT2D eigenvalue weighted by Gasteiger charge is -2.03. The second kappa shape index (κ2) is 13.0. The standard InChI is InChI=1S/C9H8O4.C6H14N2O2.H2O/c1-6(10)13-8-5-3-2-4-7(8)9(11)12;7-4-2-1-3-5(8)6(9)10;/h2-5H,1H3,(H,11,12);5H,1-4,7-8H2,(H,9,10);1H2. The molecule has 0 saturated carbocycles. The van der Waals surface area contributed by atoms with Crippen LogP contribution >= 0.6 is 0 Å². The van der Waals surface area contributed by atoms with E-state index >= 15 is 0 Å². The Morgan fingerprint density at radius 1 is 1.17 bits per heavy atom. The molecular formula is C15H24N2O7. The lowest BCUT2D eigenvalue weighted by molar-refractivity contribution is -0.138. The Kier molecular flexibility index (Phi) is 12.9. The van der Waals surface area contributed by atoms with Crippen molar-refractivity contribution < 1.29 is 34.8 Å². The minimum Gasteiger partial charge on any atom is -0.480 e. The molecule has 0 radical (unpaired) electrons. The number of aromatic carboxylic acids is 1. The van der Waals surface area contributed by atoms with Gasteiger partial charge in [0.05, 0.1) is 0 Å².